The molecule has 138 valence electrons. The topological polar surface area (TPSA) is 66.5 Å². The molecule has 1 heterocycles. The molecule has 0 aromatic heterocycles. The highest BCUT2D eigenvalue weighted by molar-refractivity contribution is 9.10. The number of aryl methyl sites for hydroxylation is 1. The summed E-state index contributed by atoms with van der Waals surface area (Å²) in [6, 6.07) is 11.7. The molecule has 0 atom stereocenters. The largest absolute Gasteiger partial charge is 0.322 e. The Balaban J connectivity index is 1.82. The highest BCUT2D eigenvalue weighted by Gasteiger charge is 2.26. The number of anilines is 1. The van der Waals surface area contributed by atoms with Crippen molar-refractivity contribution < 1.29 is 13.2 Å². The number of nitrogens with one attached hydrogen (secondary N) is 1. The Morgan fingerprint density at radius 2 is 1.81 bits per heavy atom. The van der Waals surface area contributed by atoms with Crippen LogP contribution in [0.1, 0.15) is 35.2 Å². The van der Waals surface area contributed by atoms with E-state index >= 15 is 0 Å². The van der Waals surface area contributed by atoms with Gasteiger partial charge in [0.25, 0.3) is 5.91 Å². The zero-order valence-corrected chi connectivity index (χ0v) is 16.9. The van der Waals surface area contributed by atoms with Crippen LogP contribution in [0.15, 0.2) is 51.8 Å². The Bertz CT molecular complexity index is 922. The van der Waals surface area contributed by atoms with E-state index in [0.29, 0.717) is 24.3 Å². The maximum Gasteiger partial charge on any atom is 0.255 e. The minimum Gasteiger partial charge on any atom is -0.322 e. The molecule has 1 fully saturated rings. The molecular formula is C19H21BrN2O3S. The van der Waals surface area contributed by atoms with E-state index in [1.807, 2.05) is 19.1 Å². The van der Waals surface area contributed by atoms with Gasteiger partial charge in [0.05, 0.1) is 4.90 Å². The van der Waals surface area contributed by atoms with Gasteiger partial charge in [-0.05, 0) is 61.7 Å². The molecule has 1 amide bonds. The number of carbonyl (C=O) groups is 1. The van der Waals surface area contributed by atoms with E-state index < -0.39 is 10.0 Å². The third kappa shape index (κ3) is 4.16. The predicted molar refractivity (Wildman–Crippen MR) is 106 cm³/mol. The fraction of sp³-hybridized carbons (Fsp3) is 0.316. The van der Waals surface area contributed by atoms with Gasteiger partial charge in [-0.1, -0.05) is 28.4 Å². The van der Waals surface area contributed by atoms with Crippen molar-refractivity contribution >= 4 is 37.5 Å². The maximum absolute atomic E-state index is 12.8. The zero-order valence-electron chi connectivity index (χ0n) is 14.5. The highest BCUT2D eigenvalue weighted by atomic mass is 79.9. The van der Waals surface area contributed by atoms with E-state index in [1.54, 1.807) is 24.3 Å². The van der Waals surface area contributed by atoms with Gasteiger partial charge in [0.1, 0.15) is 0 Å². The summed E-state index contributed by atoms with van der Waals surface area (Å²) < 4.78 is 28.1. The Hall–Kier alpha value is -1.70. The number of amides is 1. The summed E-state index contributed by atoms with van der Waals surface area (Å²) >= 11 is 3.43. The van der Waals surface area contributed by atoms with Crippen molar-refractivity contribution in [2.45, 2.75) is 31.1 Å². The van der Waals surface area contributed by atoms with Crippen molar-refractivity contribution in [1.29, 1.82) is 0 Å². The molecule has 2 aromatic rings. The fourth-order valence-electron chi connectivity index (χ4n) is 2.98. The standard InChI is InChI=1S/C19H21BrN2O3S/c1-14-12-16(8-9-18(14)20)21-19(23)15-6-5-7-17(13-15)26(24,25)22-10-3-2-4-11-22/h5-9,12-13H,2-4,10-11H2,1H3,(H,21,23). The molecule has 2 aromatic carbocycles. The molecule has 26 heavy (non-hydrogen) atoms. The van der Waals surface area contributed by atoms with E-state index in [-0.39, 0.29) is 10.8 Å². The summed E-state index contributed by atoms with van der Waals surface area (Å²) in [5.74, 6) is -0.331. The van der Waals surface area contributed by atoms with Crippen LogP contribution in [0.3, 0.4) is 0 Å². The van der Waals surface area contributed by atoms with Crippen LogP contribution in [0.2, 0.25) is 0 Å². The summed E-state index contributed by atoms with van der Waals surface area (Å²) in [7, 11) is -3.56. The van der Waals surface area contributed by atoms with Crippen LogP contribution in [-0.4, -0.2) is 31.7 Å². The molecule has 1 N–H and O–H groups in total. The first-order valence-corrected chi connectivity index (χ1v) is 10.8. The summed E-state index contributed by atoms with van der Waals surface area (Å²) in [4.78, 5) is 12.7. The Morgan fingerprint density at radius 1 is 1.08 bits per heavy atom. The number of sulfonamides is 1. The first kappa shape index (κ1) is 19.1. The normalized spacial score (nSPS) is 15.6. The highest BCUT2D eigenvalue weighted by Crippen LogP contribution is 2.23. The predicted octanol–water partition coefficient (Wildman–Crippen LogP) is 4.18. The van der Waals surface area contributed by atoms with E-state index in [0.717, 1.165) is 29.3 Å². The number of nitrogens with zero attached hydrogens (tertiary/aromatic N) is 1. The summed E-state index contributed by atoms with van der Waals surface area (Å²) in [6.45, 7) is 3.01. The molecule has 0 unspecified atom stereocenters. The lowest BCUT2D eigenvalue weighted by Gasteiger charge is -2.26. The molecule has 0 saturated carbocycles. The molecule has 7 heteroatoms. The number of benzene rings is 2. The third-order valence-corrected chi connectivity index (χ3v) is 7.25. The Kier molecular flexibility index (Phi) is 5.79. The number of halogens is 1. The molecule has 0 bridgehead atoms. The molecule has 3 rings (SSSR count). The minimum absolute atomic E-state index is 0.166. The molecular weight excluding hydrogens is 416 g/mol. The van der Waals surface area contributed by atoms with Crippen LogP contribution in [-0.2, 0) is 10.0 Å². The number of rotatable bonds is 4. The Labute approximate surface area is 162 Å². The lowest BCUT2D eigenvalue weighted by atomic mass is 10.2. The van der Waals surface area contributed by atoms with Crippen molar-refractivity contribution in [3.8, 4) is 0 Å². The first-order valence-electron chi connectivity index (χ1n) is 8.55. The van der Waals surface area contributed by atoms with Gasteiger partial charge in [-0.15, -0.1) is 0 Å². The van der Waals surface area contributed by atoms with Crippen LogP contribution in [0.4, 0.5) is 5.69 Å². The second-order valence-electron chi connectivity index (χ2n) is 6.41. The summed E-state index contributed by atoms with van der Waals surface area (Å²) in [5.41, 5.74) is 1.99. The molecule has 0 aliphatic carbocycles. The zero-order chi connectivity index (χ0) is 18.7. The van der Waals surface area contributed by atoms with E-state index in [4.69, 9.17) is 0 Å². The minimum atomic E-state index is -3.56. The van der Waals surface area contributed by atoms with Gasteiger partial charge < -0.3 is 5.32 Å². The van der Waals surface area contributed by atoms with Crippen molar-refractivity contribution in [3.05, 3.63) is 58.1 Å². The van der Waals surface area contributed by atoms with Crippen LogP contribution in [0.5, 0.6) is 0 Å². The van der Waals surface area contributed by atoms with E-state index in [1.165, 1.54) is 10.4 Å². The molecule has 5 nitrogen and oxygen atoms in total. The average molecular weight is 437 g/mol. The van der Waals surface area contributed by atoms with Crippen molar-refractivity contribution in [3.63, 3.8) is 0 Å². The van der Waals surface area contributed by atoms with Crippen molar-refractivity contribution in [2.24, 2.45) is 0 Å². The van der Waals surface area contributed by atoms with Gasteiger partial charge in [-0.2, -0.15) is 4.31 Å². The molecule has 0 spiro atoms. The van der Waals surface area contributed by atoms with Gasteiger partial charge in [0, 0.05) is 28.8 Å². The smallest absolute Gasteiger partial charge is 0.255 e. The van der Waals surface area contributed by atoms with Crippen LogP contribution < -0.4 is 5.32 Å². The lowest BCUT2D eigenvalue weighted by Crippen LogP contribution is -2.35. The third-order valence-electron chi connectivity index (χ3n) is 4.46. The number of piperidine rings is 1. The van der Waals surface area contributed by atoms with Gasteiger partial charge in [0.15, 0.2) is 0 Å². The quantitative estimate of drug-likeness (QED) is 0.781. The SMILES string of the molecule is Cc1cc(NC(=O)c2cccc(S(=O)(=O)N3CCCCC3)c2)ccc1Br. The summed E-state index contributed by atoms with van der Waals surface area (Å²) in [6.07, 6.45) is 2.81. The van der Waals surface area contributed by atoms with E-state index in [9.17, 15) is 13.2 Å². The molecule has 1 saturated heterocycles. The fourth-order valence-corrected chi connectivity index (χ4v) is 4.79. The number of carbonyl (C=O) groups excluding carboxylic acids is 1. The van der Waals surface area contributed by atoms with Gasteiger partial charge >= 0.3 is 0 Å². The van der Waals surface area contributed by atoms with E-state index in [2.05, 4.69) is 21.2 Å². The lowest BCUT2D eigenvalue weighted by molar-refractivity contribution is 0.102. The second-order valence-corrected chi connectivity index (χ2v) is 9.20. The molecule has 1 aliphatic rings. The maximum atomic E-state index is 12.8. The number of hydrogen-bond donors (Lipinski definition) is 1. The monoisotopic (exact) mass is 436 g/mol. The van der Waals surface area contributed by atoms with Gasteiger partial charge in [-0.25, -0.2) is 8.42 Å². The number of hydrogen-bond acceptors (Lipinski definition) is 3. The Morgan fingerprint density at radius 3 is 2.50 bits per heavy atom. The molecule has 1 aliphatic heterocycles. The van der Waals surface area contributed by atoms with Gasteiger partial charge in [0.2, 0.25) is 10.0 Å². The van der Waals surface area contributed by atoms with Crippen LogP contribution in [0.25, 0.3) is 0 Å². The summed E-state index contributed by atoms with van der Waals surface area (Å²) in [5, 5.41) is 2.82. The molecule has 0 radical (unpaired) electrons. The average Bonchev–Trinajstić information content (AvgIpc) is 2.65. The van der Waals surface area contributed by atoms with Gasteiger partial charge in [-0.3, -0.25) is 4.79 Å². The van der Waals surface area contributed by atoms with Crippen molar-refractivity contribution in [2.75, 3.05) is 18.4 Å². The van der Waals surface area contributed by atoms with Crippen molar-refractivity contribution in [1.82, 2.24) is 4.31 Å². The van der Waals surface area contributed by atoms with Crippen LogP contribution in [0, 0.1) is 6.92 Å². The van der Waals surface area contributed by atoms with Crippen LogP contribution >= 0.6 is 15.9 Å². The second kappa shape index (κ2) is 7.90. The first-order chi connectivity index (χ1) is 12.4.